The summed E-state index contributed by atoms with van der Waals surface area (Å²) in [5.74, 6) is -0.332. The quantitative estimate of drug-likeness (QED) is 0.270. The average Bonchev–Trinajstić information content (AvgIpc) is 2.70. The standard InChI is InChI=1S/C19H15BrN4O6/c1-29-16-8-12(5-13(9-21)18(25)23-19(22)26)7-15(20)17(16)30-10-11-3-2-4-14(6-11)24(27)28/h2-8H,10H2,1H3,(H3,22,23,25,26)/b13-5-. The Hall–Kier alpha value is -3.91. The number of hydrogen-bond donors (Lipinski definition) is 2. The number of rotatable bonds is 7. The number of nitrogens with two attached hydrogens (primary N) is 1. The molecule has 10 nitrogen and oxygen atoms in total. The summed E-state index contributed by atoms with van der Waals surface area (Å²) < 4.78 is 11.5. The Morgan fingerprint density at radius 3 is 2.70 bits per heavy atom. The summed E-state index contributed by atoms with van der Waals surface area (Å²) in [7, 11) is 1.40. The van der Waals surface area contributed by atoms with E-state index in [4.69, 9.17) is 20.5 Å². The van der Waals surface area contributed by atoms with Crippen LogP contribution >= 0.6 is 15.9 Å². The van der Waals surface area contributed by atoms with Crippen LogP contribution < -0.4 is 20.5 Å². The van der Waals surface area contributed by atoms with Crippen LogP contribution in [0.4, 0.5) is 10.5 Å². The maximum atomic E-state index is 11.8. The number of urea groups is 1. The summed E-state index contributed by atoms with van der Waals surface area (Å²) in [6, 6.07) is 9.70. The zero-order chi connectivity index (χ0) is 22.3. The SMILES string of the molecule is COc1cc(/C=C(/C#N)C(=O)NC(N)=O)cc(Br)c1OCc1cccc([N+](=O)[O-])c1. The maximum Gasteiger partial charge on any atom is 0.319 e. The summed E-state index contributed by atoms with van der Waals surface area (Å²) >= 11 is 3.34. The molecule has 2 aromatic rings. The van der Waals surface area contributed by atoms with E-state index in [2.05, 4.69) is 15.9 Å². The van der Waals surface area contributed by atoms with E-state index in [-0.39, 0.29) is 23.6 Å². The lowest BCUT2D eigenvalue weighted by molar-refractivity contribution is -0.384. The van der Waals surface area contributed by atoms with Crippen molar-refractivity contribution in [3.63, 3.8) is 0 Å². The van der Waals surface area contributed by atoms with E-state index >= 15 is 0 Å². The van der Waals surface area contributed by atoms with E-state index in [1.807, 2.05) is 5.32 Å². The number of imide groups is 1. The van der Waals surface area contributed by atoms with Crippen molar-refractivity contribution in [3.8, 4) is 17.6 Å². The van der Waals surface area contributed by atoms with E-state index in [0.717, 1.165) is 0 Å². The number of carbonyl (C=O) groups excluding carboxylic acids is 2. The Morgan fingerprint density at radius 1 is 1.37 bits per heavy atom. The second-order valence-electron chi connectivity index (χ2n) is 5.74. The second-order valence-corrected chi connectivity index (χ2v) is 6.59. The highest BCUT2D eigenvalue weighted by Crippen LogP contribution is 2.38. The van der Waals surface area contributed by atoms with Crippen molar-refractivity contribution in [2.75, 3.05) is 7.11 Å². The maximum absolute atomic E-state index is 11.8. The minimum Gasteiger partial charge on any atom is -0.493 e. The van der Waals surface area contributed by atoms with Gasteiger partial charge in [0.15, 0.2) is 11.5 Å². The lowest BCUT2D eigenvalue weighted by Gasteiger charge is -2.14. The van der Waals surface area contributed by atoms with Crippen LogP contribution in [-0.2, 0) is 11.4 Å². The monoisotopic (exact) mass is 474 g/mol. The first kappa shape index (κ1) is 22.4. The molecule has 0 aliphatic heterocycles. The number of nitriles is 1. The fourth-order valence-corrected chi connectivity index (χ4v) is 2.95. The molecule has 11 heteroatoms. The van der Waals surface area contributed by atoms with Gasteiger partial charge in [-0.3, -0.25) is 20.2 Å². The first-order chi connectivity index (χ1) is 14.2. The molecular weight excluding hydrogens is 460 g/mol. The van der Waals surface area contributed by atoms with Gasteiger partial charge >= 0.3 is 6.03 Å². The molecule has 0 saturated carbocycles. The van der Waals surface area contributed by atoms with Crippen LogP contribution in [-0.4, -0.2) is 24.0 Å². The zero-order valence-corrected chi connectivity index (χ0v) is 17.1. The molecule has 0 unspecified atom stereocenters. The molecule has 154 valence electrons. The number of primary amides is 1. The Balaban J connectivity index is 2.29. The van der Waals surface area contributed by atoms with Crippen molar-refractivity contribution < 1.29 is 24.0 Å². The average molecular weight is 475 g/mol. The number of amides is 3. The molecule has 0 radical (unpaired) electrons. The van der Waals surface area contributed by atoms with Crippen molar-refractivity contribution >= 4 is 39.6 Å². The van der Waals surface area contributed by atoms with Crippen LogP contribution in [0.5, 0.6) is 11.5 Å². The highest BCUT2D eigenvalue weighted by atomic mass is 79.9. The third-order valence-electron chi connectivity index (χ3n) is 3.67. The number of nitro benzene ring substituents is 1. The Morgan fingerprint density at radius 2 is 2.10 bits per heavy atom. The molecule has 0 saturated heterocycles. The number of nitrogens with one attached hydrogen (secondary N) is 1. The Labute approximate surface area is 179 Å². The van der Waals surface area contributed by atoms with Crippen molar-refractivity contribution in [2.45, 2.75) is 6.61 Å². The smallest absolute Gasteiger partial charge is 0.319 e. The number of halogens is 1. The molecule has 0 spiro atoms. The minimum absolute atomic E-state index is 0.0380. The molecule has 3 N–H and O–H groups in total. The molecule has 0 aliphatic rings. The molecule has 30 heavy (non-hydrogen) atoms. The largest absolute Gasteiger partial charge is 0.493 e. The van der Waals surface area contributed by atoms with Crippen molar-refractivity contribution in [1.29, 1.82) is 5.26 Å². The first-order valence-electron chi connectivity index (χ1n) is 8.21. The molecule has 3 amide bonds. The number of non-ortho nitro benzene ring substituents is 1. The van der Waals surface area contributed by atoms with Gasteiger partial charge in [0.2, 0.25) is 0 Å². The zero-order valence-electron chi connectivity index (χ0n) is 15.5. The molecule has 2 aromatic carbocycles. The molecule has 0 fully saturated rings. The van der Waals surface area contributed by atoms with Gasteiger partial charge in [0.25, 0.3) is 11.6 Å². The molecule has 0 aromatic heterocycles. The third kappa shape index (κ3) is 5.79. The highest BCUT2D eigenvalue weighted by Gasteiger charge is 2.15. The van der Waals surface area contributed by atoms with Gasteiger partial charge in [0.1, 0.15) is 18.2 Å². The van der Waals surface area contributed by atoms with Crippen LogP contribution in [0, 0.1) is 21.4 Å². The normalized spacial score (nSPS) is 10.6. The highest BCUT2D eigenvalue weighted by molar-refractivity contribution is 9.10. The second kappa shape index (κ2) is 10.0. The molecule has 0 atom stereocenters. The van der Waals surface area contributed by atoms with Gasteiger partial charge in [-0.1, -0.05) is 12.1 Å². The predicted octanol–water partition coefficient (Wildman–Crippen LogP) is 3.05. The lowest BCUT2D eigenvalue weighted by Crippen LogP contribution is -2.35. The van der Waals surface area contributed by atoms with E-state index in [1.54, 1.807) is 24.3 Å². The van der Waals surface area contributed by atoms with Gasteiger partial charge in [-0.15, -0.1) is 0 Å². The van der Waals surface area contributed by atoms with Crippen molar-refractivity contribution in [2.24, 2.45) is 5.73 Å². The number of hydrogen-bond acceptors (Lipinski definition) is 7. The lowest BCUT2D eigenvalue weighted by atomic mass is 10.1. The van der Waals surface area contributed by atoms with Crippen molar-refractivity contribution in [1.82, 2.24) is 5.32 Å². The molecule has 0 bridgehead atoms. The van der Waals surface area contributed by atoms with Gasteiger partial charge in [-0.25, -0.2) is 4.79 Å². The number of methoxy groups -OCH3 is 1. The summed E-state index contributed by atoms with van der Waals surface area (Å²) in [6.07, 6.45) is 1.25. The topological polar surface area (TPSA) is 158 Å². The molecular formula is C19H15BrN4O6. The Bertz CT molecular complexity index is 1080. The van der Waals surface area contributed by atoms with E-state index in [0.29, 0.717) is 21.3 Å². The van der Waals surface area contributed by atoms with Gasteiger partial charge in [-0.05, 0) is 45.3 Å². The van der Waals surface area contributed by atoms with E-state index in [1.165, 1.54) is 31.4 Å². The molecule has 2 rings (SSSR count). The number of carbonyl (C=O) groups is 2. The fourth-order valence-electron chi connectivity index (χ4n) is 2.37. The summed E-state index contributed by atoms with van der Waals surface area (Å²) in [6.45, 7) is 0.0380. The van der Waals surface area contributed by atoms with Crippen LogP contribution in [0.2, 0.25) is 0 Å². The first-order valence-corrected chi connectivity index (χ1v) is 9.00. The fraction of sp³-hybridized carbons (Fsp3) is 0.105. The van der Waals surface area contributed by atoms with Crippen molar-refractivity contribution in [3.05, 3.63) is 67.7 Å². The van der Waals surface area contributed by atoms with Gasteiger partial charge in [-0.2, -0.15) is 5.26 Å². The number of ether oxygens (including phenoxy) is 2. The van der Waals surface area contributed by atoms with Crippen LogP contribution in [0.25, 0.3) is 6.08 Å². The third-order valence-corrected chi connectivity index (χ3v) is 4.26. The van der Waals surface area contributed by atoms with E-state index < -0.39 is 16.9 Å². The van der Waals surface area contributed by atoms with Crippen LogP contribution in [0.1, 0.15) is 11.1 Å². The number of benzene rings is 2. The van der Waals surface area contributed by atoms with Gasteiger partial charge < -0.3 is 15.2 Å². The summed E-state index contributed by atoms with van der Waals surface area (Å²) in [5, 5.41) is 21.9. The minimum atomic E-state index is -1.08. The van der Waals surface area contributed by atoms with Crippen LogP contribution in [0.15, 0.2) is 46.4 Å². The van der Waals surface area contributed by atoms with Gasteiger partial charge in [0.05, 0.1) is 16.5 Å². The van der Waals surface area contributed by atoms with Crippen LogP contribution in [0.3, 0.4) is 0 Å². The summed E-state index contributed by atoms with van der Waals surface area (Å²) in [5.41, 5.74) is 5.49. The molecule has 0 aliphatic carbocycles. The number of nitrogens with zero attached hydrogens (tertiary/aromatic N) is 2. The predicted molar refractivity (Wildman–Crippen MR) is 109 cm³/mol. The Kier molecular flexibility index (Phi) is 7.49. The molecule has 0 heterocycles. The summed E-state index contributed by atoms with van der Waals surface area (Å²) in [4.78, 5) is 33.0. The number of nitro groups is 1. The van der Waals surface area contributed by atoms with Gasteiger partial charge in [0, 0.05) is 12.1 Å². The van der Waals surface area contributed by atoms with E-state index in [9.17, 15) is 19.7 Å².